The van der Waals surface area contributed by atoms with Crippen molar-refractivity contribution in [2.75, 3.05) is 5.32 Å². The van der Waals surface area contributed by atoms with E-state index in [1.54, 1.807) is 39.0 Å². The van der Waals surface area contributed by atoms with E-state index in [1.807, 2.05) is 0 Å². The van der Waals surface area contributed by atoms with Crippen molar-refractivity contribution < 1.29 is 13.9 Å². The van der Waals surface area contributed by atoms with Crippen LogP contribution in [-0.2, 0) is 9.53 Å². The van der Waals surface area contributed by atoms with E-state index in [1.165, 1.54) is 16.9 Å². The van der Waals surface area contributed by atoms with Gasteiger partial charge in [0.25, 0.3) is 0 Å². The van der Waals surface area contributed by atoms with Crippen LogP contribution in [0.3, 0.4) is 0 Å². The molecular formula is C16H17FN4O2. The van der Waals surface area contributed by atoms with Gasteiger partial charge in [-0.2, -0.15) is 0 Å². The Morgan fingerprint density at radius 2 is 2.13 bits per heavy atom. The van der Waals surface area contributed by atoms with E-state index in [0.29, 0.717) is 22.7 Å². The minimum Gasteiger partial charge on any atom is -0.459 e. The monoisotopic (exact) mass is 316 g/mol. The average molecular weight is 316 g/mol. The van der Waals surface area contributed by atoms with Crippen molar-refractivity contribution in [1.29, 1.82) is 0 Å². The normalized spacial score (nSPS) is 17.0. The van der Waals surface area contributed by atoms with Crippen LogP contribution >= 0.6 is 0 Å². The summed E-state index contributed by atoms with van der Waals surface area (Å²) in [6, 6.07) is 5.59. The van der Waals surface area contributed by atoms with Crippen LogP contribution in [0.15, 0.2) is 41.7 Å². The predicted octanol–water partition coefficient (Wildman–Crippen LogP) is 2.66. The minimum absolute atomic E-state index is 0.277. The van der Waals surface area contributed by atoms with Gasteiger partial charge < -0.3 is 10.1 Å². The van der Waals surface area contributed by atoms with Gasteiger partial charge in [0.15, 0.2) is 0 Å². The molecule has 2 heterocycles. The number of hydrogen-bond acceptors (Lipinski definition) is 5. The lowest BCUT2D eigenvalue weighted by molar-refractivity contribution is -0.143. The lowest BCUT2D eigenvalue weighted by Crippen LogP contribution is -2.30. The van der Waals surface area contributed by atoms with Gasteiger partial charge in [-0.1, -0.05) is 23.4 Å². The zero-order chi connectivity index (χ0) is 16.6. The number of ether oxygens (including phenoxy) is 1. The second-order valence-corrected chi connectivity index (χ2v) is 5.61. The van der Waals surface area contributed by atoms with Crippen LogP contribution in [-0.4, -0.2) is 27.1 Å². The maximum Gasteiger partial charge on any atom is 0.338 e. The molecule has 120 valence electrons. The zero-order valence-electron chi connectivity index (χ0n) is 13.1. The maximum atomic E-state index is 14.3. The highest BCUT2D eigenvalue weighted by molar-refractivity contribution is 5.92. The first-order chi connectivity index (χ1) is 11.0. The van der Waals surface area contributed by atoms with Crippen molar-refractivity contribution in [2.45, 2.75) is 32.9 Å². The molecule has 0 aliphatic carbocycles. The number of esters is 1. The molecule has 0 radical (unpaired) electrons. The third kappa shape index (κ3) is 2.69. The van der Waals surface area contributed by atoms with Crippen molar-refractivity contribution in [3.05, 3.63) is 53.1 Å². The van der Waals surface area contributed by atoms with Gasteiger partial charge in [-0.25, -0.2) is 13.9 Å². The third-order valence-corrected chi connectivity index (χ3v) is 3.57. The van der Waals surface area contributed by atoms with E-state index in [4.69, 9.17) is 4.74 Å². The van der Waals surface area contributed by atoms with Crippen LogP contribution in [0, 0.1) is 5.82 Å². The molecule has 0 saturated carbocycles. The maximum absolute atomic E-state index is 14.3. The van der Waals surface area contributed by atoms with E-state index in [2.05, 4.69) is 15.6 Å². The number of hydrogen-bond donors (Lipinski definition) is 1. The molecule has 1 atom stereocenters. The molecule has 7 heteroatoms. The number of aromatic nitrogens is 3. The Morgan fingerprint density at radius 1 is 1.39 bits per heavy atom. The van der Waals surface area contributed by atoms with E-state index >= 15 is 0 Å². The van der Waals surface area contributed by atoms with E-state index in [0.717, 1.165) is 0 Å². The van der Waals surface area contributed by atoms with Crippen LogP contribution in [0.5, 0.6) is 0 Å². The molecule has 0 amide bonds. The molecule has 3 rings (SSSR count). The van der Waals surface area contributed by atoms with Crippen molar-refractivity contribution in [2.24, 2.45) is 0 Å². The summed E-state index contributed by atoms with van der Waals surface area (Å²) in [7, 11) is 0. The van der Waals surface area contributed by atoms with Gasteiger partial charge in [-0.3, -0.25) is 0 Å². The molecular weight excluding hydrogens is 299 g/mol. The third-order valence-electron chi connectivity index (χ3n) is 3.57. The van der Waals surface area contributed by atoms with E-state index in [9.17, 15) is 9.18 Å². The highest BCUT2D eigenvalue weighted by atomic mass is 19.1. The van der Waals surface area contributed by atoms with Crippen molar-refractivity contribution >= 4 is 11.8 Å². The number of fused-ring (bicyclic) bond motifs is 1. The molecule has 1 aromatic carbocycles. The first kappa shape index (κ1) is 15.2. The van der Waals surface area contributed by atoms with Gasteiger partial charge in [0.05, 0.1) is 17.9 Å². The van der Waals surface area contributed by atoms with Crippen LogP contribution in [0.1, 0.15) is 32.4 Å². The molecule has 1 aromatic heterocycles. The Labute approximate surface area is 132 Å². The number of nitrogens with one attached hydrogen (secondary N) is 1. The molecule has 0 saturated heterocycles. The van der Waals surface area contributed by atoms with Crippen molar-refractivity contribution in [1.82, 2.24) is 15.0 Å². The topological polar surface area (TPSA) is 69.0 Å². The van der Waals surface area contributed by atoms with Crippen LogP contribution in [0.25, 0.3) is 0 Å². The summed E-state index contributed by atoms with van der Waals surface area (Å²) in [5.41, 5.74) is 1.26. The Kier molecular flexibility index (Phi) is 3.85. The standard InChI is InChI=1S/C16H17FN4O2/c1-9(2)23-16(22)14-10(3)19-13-8-18-20-21(13)15(14)11-6-4-5-7-12(11)17/h4-9,15,19H,1-3H3. The number of rotatable bonds is 3. The highest BCUT2D eigenvalue weighted by Gasteiger charge is 2.35. The number of carbonyl (C=O) groups excluding carboxylic acids is 1. The van der Waals surface area contributed by atoms with Gasteiger partial charge in [0.2, 0.25) is 0 Å². The summed E-state index contributed by atoms with van der Waals surface area (Å²) in [4.78, 5) is 12.5. The largest absolute Gasteiger partial charge is 0.459 e. The van der Waals surface area contributed by atoms with E-state index < -0.39 is 17.8 Å². The molecule has 0 spiro atoms. The van der Waals surface area contributed by atoms with Gasteiger partial charge in [0, 0.05) is 11.3 Å². The molecule has 1 aliphatic heterocycles. The highest BCUT2D eigenvalue weighted by Crippen LogP contribution is 2.36. The summed E-state index contributed by atoms with van der Waals surface area (Å²) in [5, 5.41) is 10.9. The first-order valence-electron chi connectivity index (χ1n) is 7.32. The number of carbonyl (C=O) groups is 1. The second kappa shape index (κ2) is 5.83. The lowest BCUT2D eigenvalue weighted by Gasteiger charge is -2.29. The number of halogens is 1. The fourth-order valence-electron chi connectivity index (χ4n) is 2.64. The van der Waals surface area contributed by atoms with Crippen molar-refractivity contribution in [3.8, 4) is 0 Å². The lowest BCUT2D eigenvalue weighted by atomic mass is 9.95. The fraction of sp³-hybridized carbons (Fsp3) is 0.312. The molecule has 6 nitrogen and oxygen atoms in total. The quantitative estimate of drug-likeness (QED) is 0.882. The van der Waals surface area contributed by atoms with Gasteiger partial charge >= 0.3 is 5.97 Å². The summed E-state index contributed by atoms with van der Waals surface area (Å²) in [6.07, 6.45) is 1.25. The predicted molar refractivity (Wildman–Crippen MR) is 82.1 cm³/mol. The van der Waals surface area contributed by atoms with Crippen LogP contribution < -0.4 is 5.32 Å². The number of benzene rings is 1. The SMILES string of the molecule is CC1=C(C(=O)OC(C)C)C(c2ccccc2F)n2nncc2N1. The summed E-state index contributed by atoms with van der Waals surface area (Å²) < 4.78 is 21.2. The van der Waals surface area contributed by atoms with Gasteiger partial charge in [-0.05, 0) is 26.8 Å². The molecule has 23 heavy (non-hydrogen) atoms. The Bertz CT molecular complexity index is 782. The number of allylic oxidation sites excluding steroid dienone is 1. The first-order valence-corrected chi connectivity index (χ1v) is 7.32. The molecule has 1 aliphatic rings. The van der Waals surface area contributed by atoms with Crippen LogP contribution in [0.2, 0.25) is 0 Å². The summed E-state index contributed by atoms with van der Waals surface area (Å²) in [5.74, 6) is -0.320. The Balaban J connectivity index is 2.15. The molecule has 1 N–H and O–H groups in total. The molecule has 2 aromatic rings. The molecule has 0 bridgehead atoms. The number of nitrogens with zero attached hydrogens (tertiary/aromatic N) is 3. The summed E-state index contributed by atoms with van der Waals surface area (Å²) in [6.45, 7) is 5.29. The van der Waals surface area contributed by atoms with Gasteiger partial charge in [-0.15, -0.1) is 5.10 Å². The molecule has 0 fully saturated rings. The summed E-state index contributed by atoms with van der Waals surface area (Å²) >= 11 is 0. The second-order valence-electron chi connectivity index (χ2n) is 5.61. The smallest absolute Gasteiger partial charge is 0.338 e. The molecule has 1 unspecified atom stereocenters. The zero-order valence-corrected chi connectivity index (χ0v) is 13.1. The van der Waals surface area contributed by atoms with E-state index in [-0.39, 0.29) is 6.10 Å². The average Bonchev–Trinajstić information content (AvgIpc) is 2.93. The van der Waals surface area contributed by atoms with Crippen molar-refractivity contribution in [3.63, 3.8) is 0 Å². The van der Waals surface area contributed by atoms with Gasteiger partial charge in [0.1, 0.15) is 17.7 Å². The fourth-order valence-corrected chi connectivity index (χ4v) is 2.64. The Hall–Kier alpha value is -2.70. The minimum atomic E-state index is -0.721. The Morgan fingerprint density at radius 3 is 2.83 bits per heavy atom. The number of anilines is 1. The van der Waals surface area contributed by atoms with Crippen LogP contribution in [0.4, 0.5) is 10.2 Å².